The fraction of sp³-hybridized carbons (Fsp3) is 0.200. The van der Waals surface area contributed by atoms with E-state index in [4.69, 9.17) is 5.73 Å². The van der Waals surface area contributed by atoms with E-state index in [0.29, 0.717) is 12.0 Å². The van der Waals surface area contributed by atoms with Crippen LogP contribution in [-0.4, -0.2) is 16.8 Å². The van der Waals surface area contributed by atoms with Crippen molar-refractivity contribution >= 4 is 22.5 Å². The summed E-state index contributed by atoms with van der Waals surface area (Å²) >= 11 is 0. The number of phenols is 1. The second-order valence-corrected chi connectivity index (χ2v) is 4.94. The maximum Gasteiger partial charge on any atom is 0.218 e. The highest BCUT2D eigenvalue weighted by atomic mass is 16.3. The Morgan fingerprint density at radius 3 is 2.79 bits per heavy atom. The molecule has 96 valence electrons. The molecule has 1 unspecified atom stereocenters. The van der Waals surface area contributed by atoms with Gasteiger partial charge in [0, 0.05) is 17.9 Å². The first-order valence-corrected chi connectivity index (χ1v) is 6.13. The molecule has 2 aromatic rings. The highest BCUT2D eigenvalue weighted by Crippen LogP contribution is 2.35. The minimum atomic E-state index is -0.460. The van der Waals surface area contributed by atoms with Crippen LogP contribution in [0.25, 0.3) is 10.8 Å². The van der Waals surface area contributed by atoms with Gasteiger partial charge in [-0.25, -0.2) is 0 Å². The van der Waals surface area contributed by atoms with Crippen LogP contribution in [0, 0.1) is 5.92 Å². The lowest BCUT2D eigenvalue weighted by Crippen LogP contribution is -2.20. The quantitative estimate of drug-likeness (QED) is 0.858. The van der Waals surface area contributed by atoms with Gasteiger partial charge in [-0.15, -0.1) is 0 Å². The van der Waals surface area contributed by atoms with Gasteiger partial charge in [-0.3, -0.25) is 9.59 Å². The van der Waals surface area contributed by atoms with E-state index in [0.717, 1.165) is 16.3 Å². The standard InChI is InChI=1S/C15H13NO3/c16-13(18)6-10-5-9-2-1-8-3-4-11(17)7-12(8)14(9)15(10)19/h1-4,7,10,17H,5-6H2,(H2,16,18). The zero-order valence-electron chi connectivity index (χ0n) is 10.2. The number of Topliss-reactive ketones (excluding diaryl/α,β-unsaturated/α-hetero) is 1. The Hall–Kier alpha value is -2.36. The molecule has 3 N–H and O–H groups in total. The van der Waals surface area contributed by atoms with Crippen LogP contribution in [0.15, 0.2) is 30.3 Å². The van der Waals surface area contributed by atoms with E-state index < -0.39 is 5.91 Å². The number of carbonyl (C=O) groups excluding carboxylic acids is 2. The summed E-state index contributed by atoms with van der Waals surface area (Å²) in [6.45, 7) is 0. The summed E-state index contributed by atoms with van der Waals surface area (Å²) in [5.41, 5.74) is 6.72. The molecule has 19 heavy (non-hydrogen) atoms. The number of ketones is 1. The normalized spacial score (nSPS) is 17.7. The number of amides is 1. The third-order valence-electron chi connectivity index (χ3n) is 3.62. The van der Waals surface area contributed by atoms with E-state index in [9.17, 15) is 14.7 Å². The number of primary amides is 1. The maximum absolute atomic E-state index is 12.4. The van der Waals surface area contributed by atoms with Crippen molar-refractivity contribution in [2.45, 2.75) is 12.8 Å². The highest BCUT2D eigenvalue weighted by Gasteiger charge is 2.32. The lowest BCUT2D eigenvalue weighted by Gasteiger charge is -2.05. The fourth-order valence-corrected chi connectivity index (χ4v) is 2.78. The van der Waals surface area contributed by atoms with Crippen LogP contribution in [0.4, 0.5) is 0 Å². The number of rotatable bonds is 2. The van der Waals surface area contributed by atoms with Crippen LogP contribution in [0.1, 0.15) is 22.3 Å². The monoisotopic (exact) mass is 255 g/mol. The zero-order chi connectivity index (χ0) is 13.6. The molecule has 2 aromatic carbocycles. The van der Waals surface area contributed by atoms with Gasteiger partial charge in [0.15, 0.2) is 5.78 Å². The summed E-state index contributed by atoms with van der Waals surface area (Å²) in [5.74, 6) is -0.740. The Kier molecular flexibility index (Phi) is 2.52. The lowest BCUT2D eigenvalue weighted by molar-refractivity contribution is -0.118. The molecule has 0 heterocycles. The minimum Gasteiger partial charge on any atom is -0.508 e. The first kappa shape index (κ1) is 11.7. The molecule has 1 aliphatic rings. The van der Waals surface area contributed by atoms with E-state index in [-0.39, 0.29) is 23.9 Å². The summed E-state index contributed by atoms with van der Waals surface area (Å²) in [4.78, 5) is 23.4. The van der Waals surface area contributed by atoms with Gasteiger partial charge in [-0.05, 0) is 34.9 Å². The fourth-order valence-electron chi connectivity index (χ4n) is 2.78. The molecule has 0 fully saturated rings. The van der Waals surface area contributed by atoms with Crippen molar-refractivity contribution in [2.75, 3.05) is 0 Å². The Bertz CT molecular complexity index is 706. The van der Waals surface area contributed by atoms with E-state index in [1.807, 2.05) is 12.1 Å². The molecule has 0 bridgehead atoms. The van der Waals surface area contributed by atoms with Gasteiger partial charge in [0.25, 0.3) is 0 Å². The van der Waals surface area contributed by atoms with Crippen molar-refractivity contribution in [3.63, 3.8) is 0 Å². The summed E-state index contributed by atoms with van der Waals surface area (Å²) in [6, 6.07) is 8.80. The second-order valence-electron chi connectivity index (χ2n) is 4.94. The molecule has 4 nitrogen and oxygen atoms in total. The van der Waals surface area contributed by atoms with Crippen LogP contribution < -0.4 is 5.73 Å². The van der Waals surface area contributed by atoms with Crippen LogP contribution >= 0.6 is 0 Å². The van der Waals surface area contributed by atoms with Gasteiger partial charge >= 0.3 is 0 Å². The van der Waals surface area contributed by atoms with E-state index in [1.165, 1.54) is 0 Å². The number of nitrogens with two attached hydrogens (primary N) is 1. The van der Waals surface area contributed by atoms with Crippen molar-refractivity contribution in [1.29, 1.82) is 0 Å². The lowest BCUT2D eigenvalue weighted by atomic mass is 9.98. The number of carbonyl (C=O) groups is 2. The molecular weight excluding hydrogens is 242 g/mol. The van der Waals surface area contributed by atoms with Gasteiger partial charge in [-0.2, -0.15) is 0 Å². The highest BCUT2D eigenvalue weighted by molar-refractivity contribution is 6.13. The van der Waals surface area contributed by atoms with Crippen molar-refractivity contribution in [3.05, 3.63) is 41.5 Å². The van der Waals surface area contributed by atoms with Crippen LogP contribution in [-0.2, 0) is 11.2 Å². The van der Waals surface area contributed by atoms with Gasteiger partial charge < -0.3 is 10.8 Å². The average molecular weight is 255 g/mol. The van der Waals surface area contributed by atoms with Crippen LogP contribution in [0.5, 0.6) is 5.75 Å². The van der Waals surface area contributed by atoms with Crippen molar-refractivity contribution in [3.8, 4) is 5.75 Å². The Balaban J connectivity index is 2.15. The molecule has 0 saturated heterocycles. The molecule has 0 radical (unpaired) electrons. The summed E-state index contributed by atoms with van der Waals surface area (Å²) in [6.07, 6.45) is 0.622. The predicted molar refractivity (Wildman–Crippen MR) is 70.9 cm³/mol. The Morgan fingerprint density at radius 1 is 1.32 bits per heavy atom. The second kappa shape index (κ2) is 4.09. The smallest absolute Gasteiger partial charge is 0.218 e. The third-order valence-corrected chi connectivity index (χ3v) is 3.62. The molecule has 1 atom stereocenters. The zero-order valence-corrected chi connectivity index (χ0v) is 10.2. The van der Waals surface area contributed by atoms with Crippen molar-refractivity contribution < 1.29 is 14.7 Å². The molecule has 0 saturated carbocycles. The van der Waals surface area contributed by atoms with E-state index in [1.54, 1.807) is 18.2 Å². The van der Waals surface area contributed by atoms with E-state index in [2.05, 4.69) is 0 Å². The number of hydrogen-bond acceptors (Lipinski definition) is 3. The van der Waals surface area contributed by atoms with Crippen molar-refractivity contribution in [1.82, 2.24) is 0 Å². The first-order chi connectivity index (χ1) is 9.06. The van der Waals surface area contributed by atoms with Gasteiger partial charge in [0.05, 0.1) is 0 Å². The largest absolute Gasteiger partial charge is 0.508 e. The SMILES string of the molecule is NC(=O)CC1Cc2ccc3ccc(O)cc3c2C1=O. The third kappa shape index (κ3) is 1.85. The molecule has 1 aliphatic carbocycles. The Labute approximate surface area is 109 Å². The number of benzene rings is 2. The number of fused-ring (bicyclic) bond motifs is 3. The van der Waals surface area contributed by atoms with Crippen LogP contribution in [0.2, 0.25) is 0 Å². The molecular formula is C15H13NO3. The molecule has 0 aliphatic heterocycles. The summed E-state index contributed by atoms with van der Waals surface area (Å²) < 4.78 is 0. The molecule has 1 amide bonds. The predicted octanol–water partition coefficient (Wildman–Crippen LogP) is 1.78. The van der Waals surface area contributed by atoms with Gasteiger partial charge in [0.1, 0.15) is 5.75 Å². The Morgan fingerprint density at radius 2 is 2.05 bits per heavy atom. The molecule has 0 aromatic heterocycles. The van der Waals surface area contributed by atoms with Crippen molar-refractivity contribution in [2.24, 2.45) is 11.7 Å². The maximum atomic E-state index is 12.4. The van der Waals surface area contributed by atoms with Crippen LogP contribution in [0.3, 0.4) is 0 Å². The van der Waals surface area contributed by atoms with Gasteiger partial charge in [0.2, 0.25) is 5.91 Å². The number of aromatic hydroxyl groups is 1. The molecule has 4 heteroatoms. The number of hydrogen-bond donors (Lipinski definition) is 2. The number of phenolic OH excluding ortho intramolecular Hbond substituents is 1. The topological polar surface area (TPSA) is 80.4 Å². The van der Waals surface area contributed by atoms with Gasteiger partial charge in [-0.1, -0.05) is 18.2 Å². The summed E-state index contributed by atoms with van der Waals surface area (Å²) in [5, 5.41) is 11.2. The molecule has 3 rings (SSSR count). The molecule has 0 spiro atoms. The summed E-state index contributed by atoms with van der Waals surface area (Å²) in [7, 11) is 0. The average Bonchev–Trinajstić information content (AvgIpc) is 2.66. The first-order valence-electron chi connectivity index (χ1n) is 6.13. The van der Waals surface area contributed by atoms with E-state index >= 15 is 0 Å². The minimum absolute atomic E-state index is 0.0509.